The molecular weight excluding hydrogens is 282 g/mol. The Hall–Kier alpha value is -2.09. The molecule has 0 saturated heterocycles. The molecule has 0 saturated carbocycles. The molecule has 0 aliphatic heterocycles. The summed E-state index contributed by atoms with van der Waals surface area (Å²) in [5, 5.41) is 13.5. The number of rotatable bonds is 4. The topological polar surface area (TPSA) is 49.3 Å². The third-order valence-electron chi connectivity index (χ3n) is 3.07. The summed E-state index contributed by atoms with van der Waals surface area (Å²) in [6, 6.07) is 11.7. The maximum Gasteiger partial charge on any atom is 0.252 e. The number of aliphatic hydroxyl groups excluding tert-OH is 1. The molecule has 1 unspecified atom stereocenters. The minimum Gasteiger partial charge on any atom is -0.384 e. The van der Waals surface area contributed by atoms with Gasteiger partial charge >= 0.3 is 0 Å². The second kappa shape index (κ2) is 7.63. The minimum atomic E-state index is -0.175. The smallest absolute Gasteiger partial charge is 0.252 e. The molecule has 1 amide bonds. The van der Waals surface area contributed by atoms with Gasteiger partial charge in [-0.05, 0) is 18.1 Å². The first-order valence-corrected chi connectivity index (χ1v) is 7.66. The van der Waals surface area contributed by atoms with Gasteiger partial charge in [0.05, 0.1) is 16.5 Å². The summed E-state index contributed by atoms with van der Waals surface area (Å²) in [7, 11) is 0. The standard InChI is InChI=1S/C17H17NO2S/c1-2-16(13-7-4-3-5-8-13)18-17(20)14-11-15(21-12-14)9-6-10-19/h3-5,7-8,11-12,16,19H,2,10H2,1H3,(H,18,20). The number of nitrogens with one attached hydrogen (secondary N) is 1. The van der Waals surface area contributed by atoms with Gasteiger partial charge in [-0.1, -0.05) is 49.1 Å². The fraction of sp³-hybridized carbons (Fsp3) is 0.235. The maximum absolute atomic E-state index is 12.3. The van der Waals surface area contributed by atoms with Crippen LogP contribution in [-0.2, 0) is 0 Å². The minimum absolute atomic E-state index is 0.00516. The lowest BCUT2D eigenvalue weighted by Gasteiger charge is -2.16. The van der Waals surface area contributed by atoms with Gasteiger partial charge in [-0.25, -0.2) is 0 Å². The summed E-state index contributed by atoms with van der Waals surface area (Å²) in [6.07, 6.45) is 0.830. The molecule has 1 aromatic heterocycles. The average Bonchev–Trinajstić information content (AvgIpc) is 3.00. The summed E-state index contributed by atoms with van der Waals surface area (Å²) in [4.78, 5) is 13.1. The summed E-state index contributed by atoms with van der Waals surface area (Å²) in [5.41, 5.74) is 1.71. The second-order valence-electron chi connectivity index (χ2n) is 4.50. The van der Waals surface area contributed by atoms with E-state index in [1.165, 1.54) is 11.3 Å². The fourth-order valence-electron chi connectivity index (χ4n) is 2.00. The van der Waals surface area contributed by atoms with E-state index in [-0.39, 0.29) is 18.6 Å². The van der Waals surface area contributed by atoms with E-state index in [1.54, 1.807) is 11.4 Å². The van der Waals surface area contributed by atoms with Crippen LogP contribution in [0, 0.1) is 11.8 Å². The van der Waals surface area contributed by atoms with Crippen LogP contribution in [0.1, 0.15) is 40.2 Å². The Balaban J connectivity index is 2.08. The monoisotopic (exact) mass is 299 g/mol. The van der Waals surface area contributed by atoms with E-state index in [9.17, 15) is 4.79 Å². The zero-order valence-corrected chi connectivity index (χ0v) is 12.6. The van der Waals surface area contributed by atoms with Crippen molar-refractivity contribution in [3.05, 3.63) is 57.8 Å². The van der Waals surface area contributed by atoms with Crippen LogP contribution in [-0.4, -0.2) is 17.6 Å². The van der Waals surface area contributed by atoms with Gasteiger partial charge in [0.2, 0.25) is 0 Å². The fourth-order valence-corrected chi connectivity index (χ4v) is 2.75. The third-order valence-corrected chi connectivity index (χ3v) is 3.91. The molecule has 0 fully saturated rings. The van der Waals surface area contributed by atoms with Crippen molar-refractivity contribution < 1.29 is 9.90 Å². The highest BCUT2D eigenvalue weighted by atomic mass is 32.1. The highest BCUT2D eigenvalue weighted by Gasteiger charge is 2.14. The normalized spacial score (nSPS) is 11.3. The molecule has 21 heavy (non-hydrogen) atoms. The molecule has 2 rings (SSSR count). The summed E-state index contributed by atoms with van der Waals surface area (Å²) >= 11 is 1.40. The molecule has 1 aromatic carbocycles. The van der Waals surface area contributed by atoms with Crippen LogP contribution in [0.2, 0.25) is 0 Å². The lowest BCUT2D eigenvalue weighted by Crippen LogP contribution is -2.27. The molecule has 1 heterocycles. The Labute approximate surface area is 128 Å². The van der Waals surface area contributed by atoms with Gasteiger partial charge in [0.1, 0.15) is 6.61 Å². The third kappa shape index (κ3) is 4.19. The molecule has 4 heteroatoms. The first-order chi connectivity index (χ1) is 10.2. The summed E-state index contributed by atoms with van der Waals surface area (Å²) < 4.78 is 0. The molecule has 0 bridgehead atoms. The van der Waals surface area contributed by atoms with Crippen molar-refractivity contribution in [2.45, 2.75) is 19.4 Å². The van der Waals surface area contributed by atoms with Gasteiger partial charge in [-0.3, -0.25) is 4.79 Å². The number of carbonyl (C=O) groups is 1. The van der Waals surface area contributed by atoms with E-state index >= 15 is 0 Å². The Morgan fingerprint density at radius 3 is 2.81 bits per heavy atom. The first-order valence-electron chi connectivity index (χ1n) is 6.78. The molecular formula is C17H17NO2S. The molecule has 1 atom stereocenters. The Morgan fingerprint density at radius 2 is 2.14 bits per heavy atom. The average molecular weight is 299 g/mol. The molecule has 2 N–H and O–H groups in total. The number of hydrogen-bond donors (Lipinski definition) is 2. The van der Waals surface area contributed by atoms with Crippen LogP contribution in [0.3, 0.4) is 0 Å². The molecule has 3 nitrogen and oxygen atoms in total. The van der Waals surface area contributed by atoms with Gasteiger partial charge in [-0.2, -0.15) is 0 Å². The van der Waals surface area contributed by atoms with Crippen LogP contribution < -0.4 is 5.32 Å². The zero-order chi connectivity index (χ0) is 15.1. The van der Waals surface area contributed by atoms with E-state index in [0.29, 0.717) is 5.56 Å². The molecule has 0 aliphatic rings. The number of amides is 1. The quantitative estimate of drug-likeness (QED) is 0.853. The number of carbonyl (C=O) groups excluding carboxylic acids is 1. The van der Waals surface area contributed by atoms with Crippen molar-refractivity contribution >= 4 is 17.2 Å². The molecule has 2 aromatic rings. The van der Waals surface area contributed by atoms with Crippen LogP contribution in [0.25, 0.3) is 0 Å². The highest BCUT2D eigenvalue weighted by molar-refractivity contribution is 7.10. The van der Waals surface area contributed by atoms with Gasteiger partial charge in [0, 0.05) is 5.38 Å². The summed E-state index contributed by atoms with van der Waals surface area (Å²) in [5.74, 6) is 5.29. The predicted molar refractivity (Wildman–Crippen MR) is 85.2 cm³/mol. The molecule has 0 radical (unpaired) electrons. The predicted octanol–water partition coefficient (Wildman–Crippen LogP) is 2.97. The first kappa shape index (κ1) is 15.3. The van der Waals surface area contributed by atoms with Crippen LogP contribution >= 0.6 is 11.3 Å². The van der Waals surface area contributed by atoms with Crippen molar-refractivity contribution in [3.63, 3.8) is 0 Å². The zero-order valence-electron chi connectivity index (χ0n) is 11.8. The van der Waals surface area contributed by atoms with Crippen molar-refractivity contribution in [1.29, 1.82) is 0 Å². The number of aliphatic hydroxyl groups is 1. The van der Waals surface area contributed by atoms with E-state index < -0.39 is 0 Å². The Kier molecular flexibility index (Phi) is 5.56. The molecule has 0 spiro atoms. The van der Waals surface area contributed by atoms with E-state index in [2.05, 4.69) is 17.2 Å². The van der Waals surface area contributed by atoms with Crippen molar-refractivity contribution in [2.75, 3.05) is 6.61 Å². The molecule has 108 valence electrons. The number of benzene rings is 1. The van der Waals surface area contributed by atoms with Gasteiger partial charge < -0.3 is 10.4 Å². The van der Waals surface area contributed by atoms with Gasteiger partial charge in [0.25, 0.3) is 5.91 Å². The highest BCUT2D eigenvalue weighted by Crippen LogP contribution is 2.18. The Bertz CT molecular complexity index is 652. The van der Waals surface area contributed by atoms with Crippen LogP contribution in [0.15, 0.2) is 41.8 Å². The van der Waals surface area contributed by atoms with E-state index in [1.807, 2.05) is 37.3 Å². The van der Waals surface area contributed by atoms with E-state index in [4.69, 9.17) is 5.11 Å². The summed E-state index contributed by atoms with van der Waals surface area (Å²) in [6.45, 7) is 1.87. The lowest BCUT2D eigenvalue weighted by atomic mass is 10.0. The van der Waals surface area contributed by atoms with Crippen molar-refractivity contribution in [3.8, 4) is 11.8 Å². The van der Waals surface area contributed by atoms with E-state index in [0.717, 1.165) is 16.9 Å². The molecule has 0 aliphatic carbocycles. The van der Waals surface area contributed by atoms with Gasteiger partial charge in [0.15, 0.2) is 0 Å². The number of thiophene rings is 1. The largest absolute Gasteiger partial charge is 0.384 e. The van der Waals surface area contributed by atoms with Crippen LogP contribution in [0.4, 0.5) is 0 Å². The SMILES string of the molecule is CCC(NC(=O)c1csc(C#CCO)c1)c1ccccc1. The maximum atomic E-state index is 12.3. The second-order valence-corrected chi connectivity index (χ2v) is 5.42. The Morgan fingerprint density at radius 1 is 1.38 bits per heavy atom. The number of hydrogen-bond acceptors (Lipinski definition) is 3. The van der Waals surface area contributed by atoms with Crippen LogP contribution in [0.5, 0.6) is 0 Å². The van der Waals surface area contributed by atoms with Crippen molar-refractivity contribution in [2.24, 2.45) is 0 Å². The lowest BCUT2D eigenvalue weighted by molar-refractivity contribution is 0.0936. The van der Waals surface area contributed by atoms with Crippen molar-refractivity contribution in [1.82, 2.24) is 5.32 Å². The van der Waals surface area contributed by atoms with Gasteiger partial charge in [-0.15, -0.1) is 11.3 Å².